The highest BCUT2D eigenvalue weighted by molar-refractivity contribution is 9.10. The van der Waals surface area contributed by atoms with Gasteiger partial charge in [-0.2, -0.15) is 0 Å². The van der Waals surface area contributed by atoms with Crippen molar-refractivity contribution in [1.29, 1.82) is 0 Å². The molecule has 0 aliphatic rings. The monoisotopic (exact) mass is 328 g/mol. The van der Waals surface area contributed by atoms with Crippen LogP contribution in [0.3, 0.4) is 0 Å². The van der Waals surface area contributed by atoms with Gasteiger partial charge in [-0.3, -0.25) is 9.59 Å². The highest BCUT2D eigenvalue weighted by Gasteiger charge is 2.13. The van der Waals surface area contributed by atoms with Crippen LogP contribution >= 0.6 is 15.9 Å². The molecule has 106 valence electrons. The second kappa shape index (κ2) is 7.48. The van der Waals surface area contributed by atoms with Gasteiger partial charge in [-0.15, -0.1) is 0 Å². The summed E-state index contributed by atoms with van der Waals surface area (Å²) in [6, 6.07) is 1.76. The number of hydrogen-bond donors (Lipinski definition) is 0. The summed E-state index contributed by atoms with van der Waals surface area (Å²) in [5.41, 5.74) is 0.532. The van der Waals surface area contributed by atoms with E-state index in [0.29, 0.717) is 5.56 Å². The van der Waals surface area contributed by atoms with Gasteiger partial charge in [0.15, 0.2) is 0 Å². The number of aromatic nitrogens is 1. The average molecular weight is 329 g/mol. The van der Waals surface area contributed by atoms with Crippen LogP contribution in [0.25, 0.3) is 0 Å². The summed E-state index contributed by atoms with van der Waals surface area (Å²) >= 11 is 3.35. The molecular formula is C14H21BrN2O2. The van der Waals surface area contributed by atoms with Gasteiger partial charge in [0.25, 0.3) is 5.56 Å². The van der Waals surface area contributed by atoms with Crippen molar-refractivity contribution in [2.24, 2.45) is 0 Å². The standard InChI is InChI=1S/C14H21BrN2O2/c1-4-6-16(7-5-2)13(18)10-17-9-12(15)8-11(3)14(17)19/h8-9H,4-7,10H2,1-3H3. The van der Waals surface area contributed by atoms with E-state index in [1.54, 1.807) is 19.2 Å². The predicted molar refractivity (Wildman–Crippen MR) is 80.3 cm³/mol. The van der Waals surface area contributed by atoms with Crippen molar-refractivity contribution in [2.45, 2.75) is 40.2 Å². The number of carbonyl (C=O) groups excluding carboxylic acids is 1. The Morgan fingerprint density at radius 2 is 1.89 bits per heavy atom. The fourth-order valence-electron chi connectivity index (χ4n) is 2.00. The van der Waals surface area contributed by atoms with Crippen molar-refractivity contribution in [3.8, 4) is 0 Å². The Morgan fingerprint density at radius 3 is 2.42 bits per heavy atom. The average Bonchev–Trinajstić information content (AvgIpc) is 2.35. The first kappa shape index (κ1) is 16.0. The summed E-state index contributed by atoms with van der Waals surface area (Å²) in [4.78, 5) is 26.0. The highest BCUT2D eigenvalue weighted by atomic mass is 79.9. The third-order valence-corrected chi connectivity index (χ3v) is 3.31. The molecule has 0 spiro atoms. The topological polar surface area (TPSA) is 42.3 Å². The summed E-state index contributed by atoms with van der Waals surface area (Å²) in [7, 11) is 0. The third-order valence-electron chi connectivity index (χ3n) is 2.88. The Labute approximate surface area is 122 Å². The summed E-state index contributed by atoms with van der Waals surface area (Å²) in [5, 5.41) is 0. The largest absolute Gasteiger partial charge is 0.341 e. The summed E-state index contributed by atoms with van der Waals surface area (Å²) in [5.74, 6) is 0.00306. The van der Waals surface area contributed by atoms with Gasteiger partial charge in [-0.25, -0.2) is 0 Å². The molecule has 19 heavy (non-hydrogen) atoms. The van der Waals surface area contributed by atoms with E-state index in [4.69, 9.17) is 0 Å². The summed E-state index contributed by atoms with van der Waals surface area (Å²) < 4.78 is 2.29. The van der Waals surface area contributed by atoms with Crippen LogP contribution in [0.2, 0.25) is 0 Å². The van der Waals surface area contributed by atoms with Crippen molar-refractivity contribution >= 4 is 21.8 Å². The zero-order chi connectivity index (χ0) is 14.4. The van der Waals surface area contributed by atoms with E-state index in [-0.39, 0.29) is 18.0 Å². The zero-order valence-corrected chi connectivity index (χ0v) is 13.4. The maximum atomic E-state index is 12.2. The van der Waals surface area contributed by atoms with Crippen molar-refractivity contribution in [3.05, 3.63) is 32.7 Å². The Balaban J connectivity index is 2.89. The van der Waals surface area contributed by atoms with Crippen molar-refractivity contribution in [3.63, 3.8) is 0 Å². The van der Waals surface area contributed by atoms with Gasteiger partial charge in [0.05, 0.1) is 0 Å². The van der Waals surface area contributed by atoms with Crippen molar-refractivity contribution < 1.29 is 4.79 Å². The molecule has 0 saturated heterocycles. The molecule has 0 unspecified atom stereocenters. The maximum Gasteiger partial charge on any atom is 0.253 e. The lowest BCUT2D eigenvalue weighted by Gasteiger charge is -2.22. The fraction of sp³-hybridized carbons (Fsp3) is 0.571. The molecule has 5 heteroatoms. The van der Waals surface area contributed by atoms with E-state index < -0.39 is 0 Å². The van der Waals surface area contributed by atoms with Crippen LogP contribution in [0.4, 0.5) is 0 Å². The molecule has 0 aromatic carbocycles. The van der Waals surface area contributed by atoms with Crippen LogP contribution in [0, 0.1) is 6.92 Å². The highest BCUT2D eigenvalue weighted by Crippen LogP contribution is 2.08. The van der Waals surface area contributed by atoms with Crippen molar-refractivity contribution in [1.82, 2.24) is 9.47 Å². The van der Waals surface area contributed by atoms with Gasteiger partial charge in [0.2, 0.25) is 5.91 Å². The third kappa shape index (κ3) is 4.49. The second-order valence-electron chi connectivity index (χ2n) is 4.66. The molecule has 4 nitrogen and oxygen atoms in total. The van der Waals surface area contributed by atoms with E-state index >= 15 is 0 Å². The SMILES string of the molecule is CCCN(CCC)C(=O)Cn1cc(Br)cc(C)c1=O. The molecule has 0 aliphatic heterocycles. The number of hydrogen-bond acceptors (Lipinski definition) is 2. The number of nitrogens with zero attached hydrogens (tertiary/aromatic N) is 2. The number of aryl methyl sites for hydroxylation is 1. The Bertz CT molecular complexity index is 491. The van der Waals surface area contributed by atoms with E-state index in [2.05, 4.69) is 15.9 Å². The number of carbonyl (C=O) groups is 1. The molecule has 0 aliphatic carbocycles. The molecule has 1 aromatic rings. The van der Waals surface area contributed by atoms with E-state index in [0.717, 1.165) is 30.4 Å². The van der Waals surface area contributed by atoms with E-state index in [1.807, 2.05) is 18.7 Å². The first-order valence-corrected chi connectivity index (χ1v) is 7.43. The molecular weight excluding hydrogens is 308 g/mol. The van der Waals surface area contributed by atoms with Gasteiger partial charge in [0, 0.05) is 29.3 Å². The van der Waals surface area contributed by atoms with Crippen LogP contribution < -0.4 is 5.56 Å². The molecule has 1 rings (SSSR count). The minimum Gasteiger partial charge on any atom is -0.341 e. The zero-order valence-electron chi connectivity index (χ0n) is 11.8. The molecule has 1 aromatic heterocycles. The molecule has 0 fully saturated rings. The minimum absolute atomic E-state index is 0.00306. The Morgan fingerprint density at radius 1 is 1.32 bits per heavy atom. The van der Waals surface area contributed by atoms with Crippen molar-refractivity contribution in [2.75, 3.05) is 13.1 Å². The number of amides is 1. The second-order valence-corrected chi connectivity index (χ2v) is 5.57. The maximum absolute atomic E-state index is 12.2. The summed E-state index contributed by atoms with van der Waals surface area (Å²) in [6.07, 6.45) is 3.53. The first-order valence-electron chi connectivity index (χ1n) is 6.64. The molecule has 0 atom stereocenters. The van der Waals surface area contributed by atoms with Crippen LogP contribution in [-0.2, 0) is 11.3 Å². The summed E-state index contributed by atoms with van der Waals surface area (Å²) in [6.45, 7) is 7.45. The lowest BCUT2D eigenvalue weighted by atomic mass is 10.3. The fourth-order valence-corrected chi connectivity index (χ4v) is 2.59. The Hall–Kier alpha value is -1.10. The molecule has 1 heterocycles. The Kier molecular flexibility index (Phi) is 6.28. The van der Waals surface area contributed by atoms with Crippen LogP contribution in [0.15, 0.2) is 21.5 Å². The predicted octanol–water partition coefficient (Wildman–Crippen LogP) is 2.57. The number of halogens is 1. The molecule has 1 amide bonds. The molecule has 0 radical (unpaired) electrons. The van der Waals surface area contributed by atoms with Gasteiger partial charge in [-0.05, 0) is 41.8 Å². The van der Waals surface area contributed by atoms with Gasteiger partial charge in [-0.1, -0.05) is 13.8 Å². The van der Waals surface area contributed by atoms with Crippen LogP contribution in [0.5, 0.6) is 0 Å². The quantitative estimate of drug-likeness (QED) is 0.805. The molecule has 0 bridgehead atoms. The number of pyridine rings is 1. The van der Waals surface area contributed by atoms with Crippen LogP contribution in [-0.4, -0.2) is 28.5 Å². The molecule has 0 N–H and O–H groups in total. The van der Waals surface area contributed by atoms with E-state index in [9.17, 15) is 9.59 Å². The van der Waals surface area contributed by atoms with Crippen LogP contribution in [0.1, 0.15) is 32.3 Å². The smallest absolute Gasteiger partial charge is 0.253 e. The van der Waals surface area contributed by atoms with Gasteiger partial charge >= 0.3 is 0 Å². The van der Waals surface area contributed by atoms with Gasteiger partial charge in [0.1, 0.15) is 6.54 Å². The lowest BCUT2D eigenvalue weighted by molar-refractivity contribution is -0.132. The van der Waals surface area contributed by atoms with Gasteiger partial charge < -0.3 is 9.47 Å². The lowest BCUT2D eigenvalue weighted by Crippen LogP contribution is -2.37. The first-order chi connectivity index (χ1) is 8.99. The van der Waals surface area contributed by atoms with E-state index in [1.165, 1.54) is 4.57 Å². The minimum atomic E-state index is -0.107. The molecule has 0 saturated carbocycles. The number of rotatable bonds is 6. The normalized spacial score (nSPS) is 10.5.